The van der Waals surface area contributed by atoms with E-state index in [9.17, 15) is 18.0 Å². The molecule has 0 saturated carbocycles. The molecule has 2 N–H and O–H groups in total. The Hall–Kier alpha value is -1.93. The third-order valence-corrected chi connectivity index (χ3v) is 4.01. The number of nitrogens with one attached hydrogen (secondary N) is 2. The number of benzene rings is 1. The molecule has 0 radical (unpaired) electrons. The number of aryl methyl sites for hydroxylation is 1. The summed E-state index contributed by atoms with van der Waals surface area (Å²) in [6.45, 7) is 5.23. The Kier molecular flexibility index (Phi) is 7.37. The molecule has 7 nitrogen and oxygen atoms in total. The molecule has 1 aromatic rings. The zero-order chi connectivity index (χ0) is 18.3. The molecule has 8 heteroatoms. The molecule has 0 aliphatic heterocycles. The largest absolute Gasteiger partial charge is 0.464 e. The molecule has 0 spiro atoms. The van der Waals surface area contributed by atoms with Crippen molar-refractivity contribution in [1.29, 1.82) is 0 Å². The number of carbonyl (C=O) groups is 2. The maximum atomic E-state index is 12.1. The Morgan fingerprint density at radius 1 is 1.21 bits per heavy atom. The van der Waals surface area contributed by atoms with Gasteiger partial charge in [-0.15, -0.1) is 0 Å². The molecular formula is C16H24N2O5S. The van der Waals surface area contributed by atoms with Crippen molar-refractivity contribution >= 4 is 21.9 Å². The topological polar surface area (TPSA) is 102 Å². The molecule has 1 rings (SSSR count). The van der Waals surface area contributed by atoms with E-state index in [0.717, 1.165) is 17.4 Å². The van der Waals surface area contributed by atoms with Gasteiger partial charge in [-0.3, -0.25) is 4.79 Å². The second kappa shape index (κ2) is 8.79. The molecule has 0 fully saturated rings. The third kappa shape index (κ3) is 7.10. The van der Waals surface area contributed by atoms with Crippen LogP contribution in [0.5, 0.6) is 0 Å². The Labute approximate surface area is 142 Å². The summed E-state index contributed by atoms with van der Waals surface area (Å²) in [6.07, 6.45) is 1.22. The highest BCUT2D eigenvalue weighted by atomic mass is 32.2. The number of esters is 1. The lowest BCUT2D eigenvalue weighted by atomic mass is 10.0. The minimum atomic E-state index is -3.53. The van der Waals surface area contributed by atoms with Crippen molar-refractivity contribution in [2.24, 2.45) is 0 Å². The second-order valence-electron chi connectivity index (χ2n) is 5.61. The first-order valence-electron chi connectivity index (χ1n) is 7.62. The summed E-state index contributed by atoms with van der Waals surface area (Å²) in [5.74, 6) is -1.15. The van der Waals surface area contributed by atoms with Crippen molar-refractivity contribution in [2.45, 2.75) is 39.3 Å². The van der Waals surface area contributed by atoms with Crippen molar-refractivity contribution in [3.63, 3.8) is 0 Å². The van der Waals surface area contributed by atoms with E-state index in [1.807, 2.05) is 31.2 Å². The van der Waals surface area contributed by atoms with Gasteiger partial charge in [0.15, 0.2) is 0 Å². The molecular weight excluding hydrogens is 332 g/mol. The van der Waals surface area contributed by atoms with Crippen LogP contribution in [0.4, 0.5) is 0 Å². The van der Waals surface area contributed by atoms with Crippen molar-refractivity contribution in [1.82, 2.24) is 10.0 Å². The van der Waals surface area contributed by atoms with E-state index in [4.69, 9.17) is 4.74 Å². The Morgan fingerprint density at radius 2 is 1.79 bits per heavy atom. The maximum Gasteiger partial charge on any atom is 0.328 e. The van der Waals surface area contributed by atoms with Crippen LogP contribution in [0.2, 0.25) is 0 Å². The lowest BCUT2D eigenvalue weighted by Crippen LogP contribution is -2.51. The average Bonchev–Trinajstić information content (AvgIpc) is 2.47. The molecule has 24 heavy (non-hydrogen) atoms. The van der Waals surface area contributed by atoms with Gasteiger partial charge in [0.2, 0.25) is 15.9 Å². The number of amides is 1. The van der Waals surface area contributed by atoms with Crippen LogP contribution in [0, 0.1) is 6.92 Å². The summed E-state index contributed by atoms with van der Waals surface area (Å²) >= 11 is 0. The van der Waals surface area contributed by atoms with E-state index in [1.165, 1.54) is 6.92 Å². The minimum Gasteiger partial charge on any atom is -0.464 e. The summed E-state index contributed by atoms with van der Waals surface area (Å²) in [4.78, 5) is 24.2. The first kappa shape index (κ1) is 20.1. The Bertz CT molecular complexity index is 670. The highest BCUT2D eigenvalue weighted by Gasteiger charge is 2.26. The number of rotatable bonds is 8. The molecule has 2 atom stereocenters. The number of hydrogen-bond donors (Lipinski definition) is 2. The molecule has 0 bridgehead atoms. The van der Waals surface area contributed by atoms with Crippen LogP contribution in [-0.4, -0.2) is 45.2 Å². The van der Waals surface area contributed by atoms with Crippen molar-refractivity contribution in [2.75, 3.05) is 12.9 Å². The van der Waals surface area contributed by atoms with Gasteiger partial charge < -0.3 is 10.1 Å². The lowest BCUT2D eigenvalue weighted by Gasteiger charge is -2.20. The fourth-order valence-electron chi connectivity index (χ4n) is 2.07. The zero-order valence-corrected chi connectivity index (χ0v) is 15.1. The van der Waals surface area contributed by atoms with Gasteiger partial charge in [0.05, 0.1) is 18.9 Å². The minimum absolute atomic E-state index is 0.191. The maximum absolute atomic E-state index is 12.1. The SMILES string of the molecule is CCOC(=O)[C@@H](Cc1ccc(C)cc1)NC(=O)[C@H](C)NS(C)(=O)=O. The van der Waals surface area contributed by atoms with Crippen LogP contribution in [0.3, 0.4) is 0 Å². The lowest BCUT2D eigenvalue weighted by molar-refractivity contribution is -0.147. The van der Waals surface area contributed by atoms with E-state index in [-0.39, 0.29) is 13.0 Å². The van der Waals surface area contributed by atoms with E-state index < -0.39 is 34.0 Å². The highest BCUT2D eigenvalue weighted by Crippen LogP contribution is 2.08. The average molecular weight is 356 g/mol. The molecule has 0 heterocycles. The third-order valence-electron chi connectivity index (χ3n) is 3.23. The standard InChI is InChI=1S/C16H24N2O5S/c1-5-23-16(20)14(10-13-8-6-11(2)7-9-13)17-15(19)12(3)18-24(4,21)22/h6-9,12,14,18H,5,10H2,1-4H3,(H,17,19)/t12-,14+/m0/s1. The fourth-order valence-corrected chi connectivity index (χ4v) is 2.82. The summed E-state index contributed by atoms with van der Waals surface area (Å²) in [7, 11) is -3.53. The molecule has 0 aromatic heterocycles. The van der Waals surface area contributed by atoms with E-state index >= 15 is 0 Å². The van der Waals surface area contributed by atoms with Crippen LogP contribution >= 0.6 is 0 Å². The first-order valence-corrected chi connectivity index (χ1v) is 9.51. The van der Waals surface area contributed by atoms with Gasteiger partial charge in [-0.05, 0) is 26.3 Å². The molecule has 0 aliphatic rings. The number of sulfonamides is 1. The summed E-state index contributed by atoms with van der Waals surface area (Å²) in [6, 6.07) is 5.68. The van der Waals surface area contributed by atoms with Crippen LogP contribution < -0.4 is 10.0 Å². The molecule has 1 amide bonds. The quantitative estimate of drug-likeness (QED) is 0.662. The van der Waals surface area contributed by atoms with Gasteiger partial charge in [-0.1, -0.05) is 29.8 Å². The van der Waals surface area contributed by atoms with Gasteiger partial charge >= 0.3 is 5.97 Å². The predicted molar refractivity (Wildman–Crippen MR) is 90.9 cm³/mol. The Balaban J connectivity index is 2.83. The number of ether oxygens (including phenoxy) is 1. The predicted octanol–water partition coefficient (Wildman–Crippen LogP) is 0.523. The monoisotopic (exact) mass is 356 g/mol. The summed E-state index contributed by atoms with van der Waals surface area (Å²) in [5, 5.41) is 2.55. The molecule has 0 saturated heterocycles. The van der Waals surface area contributed by atoms with Crippen molar-refractivity contribution in [3.8, 4) is 0 Å². The first-order chi connectivity index (χ1) is 11.1. The molecule has 134 valence electrons. The van der Waals surface area contributed by atoms with Crippen LogP contribution in [-0.2, 0) is 30.8 Å². The van der Waals surface area contributed by atoms with Gasteiger partial charge in [0.1, 0.15) is 6.04 Å². The molecule has 0 aliphatic carbocycles. The van der Waals surface area contributed by atoms with Gasteiger partial charge in [-0.25, -0.2) is 17.9 Å². The van der Waals surface area contributed by atoms with E-state index in [1.54, 1.807) is 6.92 Å². The second-order valence-corrected chi connectivity index (χ2v) is 7.39. The number of hydrogen-bond acceptors (Lipinski definition) is 5. The highest BCUT2D eigenvalue weighted by molar-refractivity contribution is 7.88. The number of carbonyl (C=O) groups excluding carboxylic acids is 2. The van der Waals surface area contributed by atoms with E-state index in [0.29, 0.717) is 0 Å². The normalized spacial score (nSPS) is 13.8. The summed E-state index contributed by atoms with van der Waals surface area (Å²) in [5.41, 5.74) is 1.95. The van der Waals surface area contributed by atoms with Crippen molar-refractivity contribution in [3.05, 3.63) is 35.4 Å². The van der Waals surface area contributed by atoms with Gasteiger partial charge in [-0.2, -0.15) is 0 Å². The zero-order valence-electron chi connectivity index (χ0n) is 14.3. The van der Waals surface area contributed by atoms with Gasteiger partial charge in [0.25, 0.3) is 0 Å². The smallest absolute Gasteiger partial charge is 0.328 e. The fraction of sp³-hybridized carbons (Fsp3) is 0.500. The van der Waals surface area contributed by atoms with Gasteiger partial charge in [0, 0.05) is 6.42 Å². The summed E-state index contributed by atoms with van der Waals surface area (Å²) < 4.78 is 29.6. The molecule has 0 unspecified atom stereocenters. The van der Waals surface area contributed by atoms with Crippen LogP contribution in [0.1, 0.15) is 25.0 Å². The van der Waals surface area contributed by atoms with Crippen molar-refractivity contribution < 1.29 is 22.7 Å². The van der Waals surface area contributed by atoms with E-state index in [2.05, 4.69) is 10.0 Å². The molecule has 1 aromatic carbocycles. The Morgan fingerprint density at radius 3 is 2.29 bits per heavy atom. The van der Waals surface area contributed by atoms with Crippen LogP contribution in [0.15, 0.2) is 24.3 Å². The van der Waals surface area contributed by atoms with Crippen LogP contribution in [0.25, 0.3) is 0 Å².